The number of carboxylic acid groups (broad SMARTS) is 1. The van der Waals surface area contributed by atoms with Crippen LogP contribution in [0, 0.1) is 11.7 Å². The Hall–Kier alpha value is -2.37. The van der Waals surface area contributed by atoms with Gasteiger partial charge in [-0.15, -0.1) is 0 Å². The maximum atomic E-state index is 13.5. The second-order valence-electron chi connectivity index (χ2n) is 8.22. The van der Waals surface area contributed by atoms with Gasteiger partial charge in [-0.1, -0.05) is 55.6 Å². The summed E-state index contributed by atoms with van der Waals surface area (Å²) >= 11 is 6.23. The molecule has 0 unspecified atom stereocenters. The van der Waals surface area contributed by atoms with E-state index in [9.17, 15) is 14.3 Å². The van der Waals surface area contributed by atoms with Crippen LogP contribution >= 0.6 is 11.6 Å². The summed E-state index contributed by atoms with van der Waals surface area (Å²) < 4.78 is 15.2. The molecule has 1 saturated carbocycles. The van der Waals surface area contributed by atoms with Crippen molar-refractivity contribution in [2.75, 3.05) is 0 Å². The first-order valence-electron chi connectivity index (χ1n) is 10.5. The molecule has 1 aliphatic carbocycles. The van der Waals surface area contributed by atoms with Crippen LogP contribution in [0.3, 0.4) is 0 Å². The summed E-state index contributed by atoms with van der Waals surface area (Å²) in [5.74, 6) is -0.803. The largest absolute Gasteiger partial charge is 0.477 e. The first-order valence-corrected chi connectivity index (χ1v) is 10.8. The number of nitrogens with one attached hydrogen (secondary N) is 1. The minimum absolute atomic E-state index is 0.257. The summed E-state index contributed by atoms with van der Waals surface area (Å²) in [5, 5.41) is 14.9. The third kappa shape index (κ3) is 4.09. The molecule has 30 heavy (non-hydrogen) atoms. The Morgan fingerprint density at radius 3 is 2.73 bits per heavy atom. The van der Waals surface area contributed by atoms with Crippen LogP contribution in [0.4, 0.5) is 4.39 Å². The average Bonchev–Trinajstić information content (AvgIpc) is 3.03. The molecule has 4 nitrogen and oxygen atoms in total. The molecular weight excluding hydrogens is 403 g/mol. The zero-order valence-corrected chi connectivity index (χ0v) is 17.8. The number of rotatable bonds is 6. The van der Waals surface area contributed by atoms with Gasteiger partial charge in [0.15, 0.2) is 0 Å². The van der Waals surface area contributed by atoms with Crippen LogP contribution in [0.2, 0.25) is 5.02 Å². The number of carbonyl (C=O) groups is 1. The number of aromatic nitrogens is 1. The molecule has 3 aromatic rings. The molecule has 0 radical (unpaired) electrons. The molecule has 1 aromatic heterocycles. The molecule has 0 bridgehead atoms. The fourth-order valence-corrected chi connectivity index (χ4v) is 4.86. The van der Waals surface area contributed by atoms with E-state index in [2.05, 4.69) is 12.2 Å². The zero-order valence-electron chi connectivity index (χ0n) is 17.0. The van der Waals surface area contributed by atoms with Crippen molar-refractivity contribution in [2.24, 2.45) is 5.92 Å². The van der Waals surface area contributed by atoms with Crippen LogP contribution < -0.4 is 5.32 Å². The Balaban J connectivity index is 1.74. The second kappa shape index (κ2) is 8.78. The van der Waals surface area contributed by atoms with Gasteiger partial charge in [-0.25, -0.2) is 9.18 Å². The zero-order chi connectivity index (χ0) is 21.3. The van der Waals surface area contributed by atoms with Crippen molar-refractivity contribution in [1.29, 1.82) is 0 Å². The fourth-order valence-electron chi connectivity index (χ4n) is 4.64. The van der Waals surface area contributed by atoms with Crippen LogP contribution in [-0.4, -0.2) is 21.7 Å². The van der Waals surface area contributed by atoms with Crippen molar-refractivity contribution in [2.45, 2.75) is 51.7 Å². The van der Waals surface area contributed by atoms with Crippen molar-refractivity contribution in [1.82, 2.24) is 9.88 Å². The van der Waals surface area contributed by atoms with Crippen molar-refractivity contribution >= 4 is 28.5 Å². The van der Waals surface area contributed by atoms with E-state index in [0.29, 0.717) is 29.1 Å². The number of nitrogens with zero attached hydrogens (tertiary/aromatic N) is 1. The number of carboxylic acids is 1. The van der Waals surface area contributed by atoms with E-state index in [0.717, 1.165) is 22.9 Å². The Labute approximate surface area is 180 Å². The predicted molar refractivity (Wildman–Crippen MR) is 118 cm³/mol. The van der Waals surface area contributed by atoms with Crippen molar-refractivity contribution < 1.29 is 14.3 Å². The molecule has 0 saturated heterocycles. The molecule has 0 spiro atoms. The molecule has 2 N–H and O–H groups in total. The summed E-state index contributed by atoms with van der Waals surface area (Å²) in [6.07, 6.45) is 4.79. The molecular formula is C24H26ClFN2O2. The first kappa shape index (κ1) is 20.9. The highest BCUT2D eigenvalue weighted by atomic mass is 35.5. The maximum absolute atomic E-state index is 13.5. The molecule has 1 aliphatic rings. The Morgan fingerprint density at radius 1 is 1.23 bits per heavy atom. The molecule has 158 valence electrons. The van der Waals surface area contributed by atoms with Gasteiger partial charge in [-0.05, 0) is 42.5 Å². The molecule has 0 aliphatic heterocycles. The van der Waals surface area contributed by atoms with E-state index < -0.39 is 11.8 Å². The lowest BCUT2D eigenvalue weighted by atomic mass is 9.86. The van der Waals surface area contributed by atoms with Crippen LogP contribution in [0.1, 0.15) is 54.2 Å². The summed E-state index contributed by atoms with van der Waals surface area (Å²) in [7, 11) is 0. The van der Waals surface area contributed by atoms with Crippen LogP contribution in [0.5, 0.6) is 0 Å². The molecule has 0 amide bonds. The number of halogens is 2. The number of hydrogen-bond acceptors (Lipinski definition) is 2. The molecule has 2 atom stereocenters. The number of para-hydroxylation sites is 1. The highest BCUT2D eigenvalue weighted by Crippen LogP contribution is 2.30. The van der Waals surface area contributed by atoms with Gasteiger partial charge in [0, 0.05) is 40.6 Å². The van der Waals surface area contributed by atoms with Gasteiger partial charge in [-0.3, -0.25) is 0 Å². The van der Waals surface area contributed by atoms with Crippen LogP contribution in [0.15, 0.2) is 42.5 Å². The van der Waals surface area contributed by atoms with E-state index in [4.69, 9.17) is 11.6 Å². The number of fused-ring (bicyclic) bond motifs is 1. The first-order chi connectivity index (χ1) is 14.5. The van der Waals surface area contributed by atoms with E-state index in [1.165, 1.54) is 31.4 Å². The highest BCUT2D eigenvalue weighted by Gasteiger charge is 2.25. The van der Waals surface area contributed by atoms with E-state index in [1.807, 2.05) is 24.3 Å². The van der Waals surface area contributed by atoms with Crippen LogP contribution in [-0.2, 0) is 13.1 Å². The Morgan fingerprint density at radius 2 is 2.00 bits per heavy atom. The standard InChI is InChI=1S/C24H26ClFN2O2/c1-15-6-2-4-8-21(15)27-13-19-18-7-3-5-9-22(18)28(23(19)24(29)30)14-16-10-11-17(26)12-20(16)25/h3,5,7,9-12,15,21,27H,2,4,6,8,13-14H2,1H3,(H,29,30)/t15-,21+/m0/s1. The fraction of sp³-hybridized carbons (Fsp3) is 0.375. The number of benzene rings is 2. The van der Waals surface area contributed by atoms with Crippen molar-refractivity contribution in [3.8, 4) is 0 Å². The van der Waals surface area contributed by atoms with Gasteiger partial charge < -0.3 is 15.0 Å². The van der Waals surface area contributed by atoms with Gasteiger partial charge in [-0.2, -0.15) is 0 Å². The third-order valence-electron chi connectivity index (χ3n) is 6.27. The maximum Gasteiger partial charge on any atom is 0.352 e. The van der Waals surface area contributed by atoms with E-state index in [1.54, 1.807) is 10.6 Å². The average molecular weight is 429 g/mol. The van der Waals surface area contributed by atoms with E-state index in [-0.39, 0.29) is 12.2 Å². The van der Waals surface area contributed by atoms with Crippen molar-refractivity contribution in [3.63, 3.8) is 0 Å². The summed E-state index contributed by atoms with van der Waals surface area (Å²) in [5.41, 5.74) is 2.56. The van der Waals surface area contributed by atoms with Crippen molar-refractivity contribution in [3.05, 3.63) is 70.1 Å². The quantitative estimate of drug-likeness (QED) is 0.517. The highest BCUT2D eigenvalue weighted by molar-refractivity contribution is 6.31. The minimum Gasteiger partial charge on any atom is -0.477 e. The van der Waals surface area contributed by atoms with E-state index >= 15 is 0 Å². The molecule has 2 aromatic carbocycles. The van der Waals surface area contributed by atoms with Crippen LogP contribution in [0.25, 0.3) is 10.9 Å². The van der Waals surface area contributed by atoms with Gasteiger partial charge in [0.1, 0.15) is 11.5 Å². The summed E-state index contributed by atoms with van der Waals surface area (Å²) in [6.45, 7) is 3.02. The Kier molecular flexibility index (Phi) is 6.11. The SMILES string of the molecule is C[C@H]1CCCC[C@H]1NCc1c(C(=O)O)n(Cc2ccc(F)cc2Cl)c2ccccc12. The van der Waals surface area contributed by atoms with Gasteiger partial charge in [0.05, 0.1) is 0 Å². The number of hydrogen-bond donors (Lipinski definition) is 2. The topological polar surface area (TPSA) is 54.3 Å². The summed E-state index contributed by atoms with van der Waals surface area (Å²) in [6, 6.07) is 12.3. The molecule has 4 rings (SSSR count). The van der Waals surface area contributed by atoms with Gasteiger partial charge >= 0.3 is 5.97 Å². The lowest BCUT2D eigenvalue weighted by Crippen LogP contribution is -2.37. The molecule has 1 heterocycles. The second-order valence-corrected chi connectivity index (χ2v) is 8.63. The molecule has 1 fully saturated rings. The minimum atomic E-state index is -0.974. The molecule has 6 heteroatoms. The third-order valence-corrected chi connectivity index (χ3v) is 6.63. The predicted octanol–water partition coefficient (Wildman–Crippen LogP) is 5.85. The summed E-state index contributed by atoms with van der Waals surface area (Å²) in [4.78, 5) is 12.3. The lowest BCUT2D eigenvalue weighted by Gasteiger charge is -2.29. The Bertz CT molecular complexity index is 1080. The van der Waals surface area contributed by atoms with Gasteiger partial charge in [0.25, 0.3) is 0 Å². The lowest BCUT2D eigenvalue weighted by molar-refractivity contribution is 0.0684. The number of aromatic carboxylic acids is 1. The van der Waals surface area contributed by atoms with Gasteiger partial charge in [0.2, 0.25) is 0 Å². The monoisotopic (exact) mass is 428 g/mol. The smallest absolute Gasteiger partial charge is 0.352 e. The normalized spacial score (nSPS) is 19.3.